The summed E-state index contributed by atoms with van der Waals surface area (Å²) in [6.07, 6.45) is 0. The van der Waals surface area contributed by atoms with Gasteiger partial charge >= 0.3 is 0 Å². The second-order valence-electron chi connectivity index (χ2n) is 6.21. The van der Waals surface area contributed by atoms with E-state index in [1.54, 1.807) is 11.3 Å². The van der Waals surface area contributed by atoms with Gasteiger partial charge in [0.25, 0.3) is 0 Å². The van der Waals surface area contributed by atoms with Gasteiger partial charge in [0.05, 0.1) is 5.69 Å². The Kier molecular flexibility index (Phi) is 4.96. The van der Waals surface area contributed by atoms with Crippen molar-refractivity contribution in [1.82, 2.24) is 10.3 Å². The fraction of sp³-hybridized carbons (Fsp3) is 0.438. The summed E-state index contributed by atoms with van der Waals surface area (Å²) in [5.41, 5.74) is 2.21. The lowest BCUT2D eigenvalue weighted by molar-refractivity contribution is 0.422. The predicted octanol–water partition coefficient (Wildman–Crippen LogP) is 3.81. The van der Waals surface area contributed by atoms with Crippen LogP contribution < -0.4 is 10.2 Å². The van der Waals surface area contributed by atoms with E-state index in [1.165, 1.54) is 12.1 Å². The SMILES string of the molecule is CN(Cc1ccc(F)cc1)c1nc(CNC(C)(C)C)cs1. The summed E-state index contributed by atoms with van der Waals surface area (Å²) in [5.74, 6) is -0.203. The molecule has 0 amide bonds. The number of thiazole rings is 1. The minimum absolute atomic E-state index is 0.0871. The molecule has 1 aromatic carbocycles. The van der Waals surface area contributed by atoms with Crippen molar-refractivity contribution >= 4 is 16.5 Å². The highest BCUT2D eigenvalue weighted by molar-refractivity contribution is 7.13. The predicted molar refractivity (Wildman–Crippen MR) is 87.2 cm³/mol. The van der Waals surface area contributed by atoms with Crippen molar-refractivity contribution < 1.29 is 4.39 Å². The molecule has 1 aromatic heterocycles. The van der Waals surface area contributed by atoms with E-state index in [2.05, 4.69) is 41.4 Å². The number of nitrogens with one attached hydrogen (secondary N) is 1. The Hall–Kier alpha value is -1.46. The summed E-state index contributed by atoms with van der Waals surface area (Å²) in [6, 6.07) is 6.59. The largest absolute Gasteiger partial charge is 0.347 e. The van der Waals surface area contributed by atoms with E-state index < -0.39 is 0 Å². The molecule has 1 heterocycles. The first-order chi connectivity index (χ1) is 9.83. The molecule has 21 heavy (non-hydrogen) atoms. The fourth-order valence-electron chi connectivity index (χ4n) is 1.84. The van der Waals surface area contributed by atoms with Crippen molar-refractivity contribution in [2.45, 2.75) is 39.4 Å². The number of rotatable bonds is 5. The number of hydrogen-bond donors (Lipinski definition) is 1. The van der Waals surface area contributed by atoms with E-state index in [0.29, 0.717) is 0 Å². The average molecular weight is 307 g/mol. The molecular weight excluding hydrogens is 285 g/mol. The average Bonchev–Trinajstić information content (AvgIpc) is 2.87. The molecule has 2 aromatic rings. The molecule has 0 spiro atoms. The van der Waals surface area contributed by atoms with Crippen molar-refractivity contribution in [3.05, 3.63) is 46.7 Å². The van der Waals surface area contributed by atoms with E-state index >= 15 is 0 Å². The second kappa shape index (κ2) is 6.54. The molecule has 0 aliphatic carbocycles. The lowest BCUT2D eigenvalue weighted by atomic mass is 10.1. The zero-order chi connectivity index (χ0) is 15.5. The van der Waals surface area contributed by atoms with Crippen molar-refractivity contribution in [2.24, 2.45) is 0 Å². The Morgan fingerprint density at radius 3 is 2.52 bits per heavy atom. The van der Waals surface area contributed by atoms with Crippen LogP contribution in [0.3, 0.4) is 0 Å². The van der Waals surface area contributed by atoms with Crippen LogP contribution in [0.25, 0.3) is 0 Å². The Morgan fingerprint density at radius 1 is 1.24 bits per heavy atom. The van der Waals surface area contributed by atoms with Crippen LogP contribution in [-0.4, -0.2) is 17.6 Å². The number of hydrogen-bond acceptors (Lipinski definition) is 4. The van der Waals surface area contributed by atoms with Crippen LogP contribution in [0.5, 0.6) is 0 Å². The molecule has 0 radical (unpaired) electrons. The third-order valence-electron chi connectivity index (χ3n) is 3.00. The Labute approximate surface area is 129 Å². The van der Waals surface area contributed by atoms with Gasteiger partial charge in [-0.2, -0.15) is 0 Å². The zero-order valence-corrected chi connectivity index (χ0v) is 13.8. The van der Waals surface area contributed by atoms with Crippen molar-refractivity contribution in [2.75, 3.05) is 11.9 Å². The maximum absolute atomic E-state index is 12.9. The first kappa shape index (κ1) is 15.9. The van der Waals surface area contributed by atoms with Crippen LogP contribution in [0, 0.1) is 5.82 Å². The number of aromatic nitrogens is 1. The summed E-state index contributed by atoms with van der Waals surface area (Å²) in [7, 11) is 2.00. The van der Waals surface area contributed by atoms with Gasteiger partial charge in [-0.25, -0.2) is 9.37 Å². The molecular formula is C16H22FN3S. The van der Waals surface area contributed by atoms with E-state index in [1.807, 2.05) is 19.2 Å². The molecule has 2 rings (SSSR count). The van der Waals surface area contributed by atoms with Crippen LogP contribution >= 0.6 is 11.3 Å². The van der Waals surface area contributed by atoms with Gasteiger partial charge in [-0.05, 0) is 38.5 Å². The topological polar surface area (TPSA) is 28.2 Å². The highest BCUT2D eigenvalue weighted by atomic mass is 32.1. The highest BCUT2D eigenvalue weighted by Crippen LogP contribution is 2.21. The highest BCUT2D eigenvalue weighted by Gasteiger charge is 2.11. The lowest BCUT2D eigenvalue weighted by Gasteiger charge is -2.19. The summed E-state index contributed by atoms with van der Waals surface area (Å²) in [4.78, 5) is 6.72. The van der Waals surface area contributed by atoms with Crippen molar-refractivity contribution in [1.29, 1.82) is 0 Å². The first-order valence-corrected chi connectivity index (χ1v) is 7.86. The van der Waals surface area contributed by atoms with Gasteiger partial charge in [0.2, 0.25) is 0 Å². The molecule has 0 bridgehead atoms. The molecule has 1 N–H and O–H groups in total. The standard InChI is InChI=1S/C16H22FN3S/c1-16(2,3)18-9-14-11-21-15(19-14)20(4)10-12-5-7-13(17)8-6-12/h5-8,11,18H,9-10H2,1-4H3. The smallest absolute Gasteiger partial charge is 0.185 e. The van der Waals surface area contributed by atoms with E-state index in [0.717, 1.165) is 29.5 Å². The minimum atomic E-state index is -0.203. The molecule has 0 unspecified atom stereocenters. The summed E-state index contributed by atoms with van der Waals surface area (Å²) >= 11 is 1.63. The van der Waals surface area contributed by atoms with Crippen LogP contribution in [-0.2, 0) is 13.1 Å². The van der Waals surface area contributed by atoms with Gasteiger partial charge in [0.15, 0.2) is 5.13 Å². The minimum Gasteiger partial charge on any atom is -0.347 e. The van der Waals surface area contributed by atoms with Crippen LogP contribution in [0.2, 0.25) is 0 Å². The number of benzene rings is 1. The lowest BCUT2D eigenvalue weighted by Crippen LogP contribution is -2.35. The molecule has 3 nitrogen and oxygen atoms in total. The molecule has 0 atom stereocenters. The summed E-state index contributed by atoms with van der Waals surface area (Å²) in [6.45, 7) is 7.91. The van der Waals surface area contributed by atoms with Gasteiger partial charge in [-0.3, -0.25) is 0 Å². The Balaban J connectivity index is 1.95. The Bertz CT molecular complexity index is 572. The third kappa shape index (κ3) is 5.10. The van der Waals surface area contributed by atoms with E-state index in [9.17, 15) is 4.39 Å². The van der Waals surface area contributed by atoms with Crippen molar-refractivity contribution in [3.63, 3.8) is 0 Å². The van der Waals surface area contributed by atoms with Crippen molar-refractivity contribution in [3.8, 4) is 0 Å². The Morgan fingerprint density at radius 2 is 1.90 bits per heavy atom. The van der Waals surface area contributed by atoms with E-state index in [4.69, 9.17) is 0 Å². The van der Waals surface area contributed by atoms with Gasteiger partial charge in [0, 0.05) is 31.1 Å². The summed E-state index contributed by atoms with van der Waals surface area (Å²) < 4.78 is 12.9. The molecule has 114 valence electrons. The molecule has 0 aliphatic heterocycles. The summed E-state index contributed by atoms with van der Waals surface area (Å²) in [5, 5.41) is 6.49. The number of nitrogens with zero attached hydrogens (tertiary/aromatic N) is 2. The van der Waals surface area contributed by atoms with Crippen LogP contribution in [0.15, 0.2) is 29.6 Å². The fourth-order valence-corrected chi connectivity index (χ4v) is 2.63. The number of halogens is 1. The van der Waals surface area contributed by atoms with Gasteiger partial charge in [-0.1, -0.05) is 12.1 Å². The normalized spacial score (nSPS) is 11.7. The maximum atomic E-state index is 12.9. The molecule has 0 aliphatic rings. The maximum Gasteiger partial charge on any atom is 0.185 e. The molecule has 5 heteroatoms. The van der Waals surface area contributed by atoms with Gasteiger partial charge < -0.3 is 10.2 Å². The van der Waals surface area contributed by atoms with Crippen LogP contribution in [0.4, 0.5) is 9.52 Å². The van der Waals surface area contributed by atoms with Crippen LogP contribution in [0.1, 0.15) is 32.0 Å². The van der Waals surface area contributed by atoms with E-state index in [-0.39, 0.29) is 11.4 Å². The van der Waals surface area contributed by atoms with Gasteiger partial charge in [-0.15, -0.1) is 11.3 Å². The zero-order valence-electron chi connectivity index (χ0n) is 13.0. The number of anilines is 1. The quantitative estimate of drug-likeness (QED) is 0.910. The second-order valence-corrected chi connectivity index (χ2v) is 7.04. The third-order valence-corrected chi connectivity index (χ3v) is 4.00. The van der Waals surface area contributed by atoms with Gasteiger partial charge in [0.1, 0.15) is 5.82 Å². The monoisotopic (exact) mass is 307 g/mol. The molecule has 0 fully saturated rings. The first-order valence-electron chi connectivity index (χ1n) is 6.98. The molecule has 0 saturated carbocycles. The molecule has 0 saturated heterocycles.